The zero-order valence-electron chi connectivity index (χ0n) is 26.0. The van der Waals surface area contributed by atoms with Gasteiger partial charge in [0.1, 0.15) is 0 Å². The van der Waals surface area contributed by atoms with E-state index in [-0.39, 0.29) is 0 Å². The molecule has 0 N–H and O–H groups in total. The molecule has 2 aromatic heterocycles. The highest BCUT2D eigenvalue weighted by Crippen LogP contribution is 2.37. The second kappa shape index (κ2) is 11.7. The first kappa shape index (κ1) is 27.8. The van der Waals surface area contributed by atoms with E-state index in [0.717, 1.165) is 61.2 Å². The van der Waals surface area contributed by atoms with Crippen LogP contribution in [0, 0.1) is 0 Å². The Balaban J connectivity index is 1.19. The lowest BCUT2D eigenvalue weighted by molar-refractivity contribution is 1.18. The van der Waals surface area contributed by atoms with Crippen LogP contribution in [0.1, 0.15) is 0 Å². The minimum Gasteiger partial charge on any atom is -0.228 e. The minimum atomic E-state index is 0.690. The van der Waals surface area contributed by atoms with Gasteiger partial charge in [0.05, 0.1) is 22.6 Å². The van der Waals surface area contributed by atoms with Gasteiger partial charge in [0.2, 0.25) is 0 Å². The van der Waals surface area contributed by atoms with Crippen molar-refractivity contribution < 1.29 is 0 Å². The third-order valence-electron chi connectivity index (χ3n) is 8.89. The Kier molecular flexibility index (Phi) is 6.76. The summed E-state index contributed by atoms with van der Waals surface area (Å²) in [4.78, 5) is 20.3. The first-order chi connectivity index (χ1) is 23.8. The van der Waals surface area contributed by atoms with Crippen LogP contribution in [0.5, 0.6) is 0 Å². The lowest BCUT2D eigenvalue weighted by Crippen LogP contribution is -1.97. The van der Waals surface area contributed by atoms with Gasteiger partial charge in [-0.05, 0) is 39.7 Å². The van der Waals surface area contributed by atoms with Crippen LogP contribution in [0.4, 0.5) is 0 Å². The summed E-state index contributed by atoms with van der Waals surface area (Å²) >= 11 is 0. The molecule has 0 atom stereocenters. The van der Waals surface area contributed by atoms with Crippen LogP contribution in [0.2, 0.25) is 0 Å². The van der Waals surface area contributed by atoms with Gasteiger partial charge in [-0.15, -0.1) is 0 Å². The van der Waals surface area contributed by atoms with Gasteiger partial charge in [-0.2, -0.15) is 0 Å². The molecule has 0 radical (unpaired) electrons. The number of hydrogen-bond acceptors (Lipinski definition) is 4. The average Bonchev–Trinajstić information content (AvgIpc) is 3.17. The van der Waals surface area contributed by atoms with Gasteiger partial charge < -0.3 is 0 Å². The molecule has 4 heteroatoms. The standard InChI is InChI=1S/C44H28N4/c1-3-13-30(14-4-1)42-37-21-11-12-22-39(37)45-44(48-42)32-25-23-29(24-26-32)40-28-41(47-43(46-40)31-15-5-2-6-16-31)38-27-33-17-7-8-18-34(33)35-19-9-10-20-36(35)38/h1-28H. The first-order valence-corrected chi connectivity index (χ1v) is 16.1. The van der Waals surface area contributed by atoms with Gasteiger partial charge in [-0.1, -0.05) is 152 Å². The number of benzene rings is 7. The van der Waals surface area contributed by atoms with Gasteiger partial charge in [-0.25, -0.2) is 19.9 Å². The van der Waals surface area contributed by atoms with Gasteiger partial charge in [0.15, 0.2) is 11.6 Å². The maximum Gasteiger partial charge on any atom is 0.160 e. The lowest BCUT2D eigenvalue weighted by atomic mass is 9.95. The molecule has 0 aliphatic heterocycles. The molecule has 0 aliphatic carbocycles. The van der Waals surface area contributed by atoms with Gasteiger partial charge >= 0.3 is 0 Å². The molecule has 48 heavy (non-hydrogen) atoms. The van der Waals surface area contributed by atoms with Crippen LogP contribution < -0.4 is 0 Å². The Hall–Kier alpha value is -6.52. The number of hydrogen-bond donors (Lipinski definition) is 0. The van der Waals surface area contributed by atoms with Crippen molar-refractivity contribution in [2.24, 2.45) is 0 Å². The molecule has 0 unspecified atom stereocenters. The maximum atomic E-state index is 5.16. The van der Waals surface area contributed by atoms with Crippen LogP contribution in [-0.2, 0) is 0 Å². The Morgan fingerprint density at radius 3 is 1.62 bits per heavy atom. The highest BCUT2D eigenvalue weighted by atomic mass is 14.9. The van der Waals surface area contributed by atoms with Gasteiger partial charge in [-0.3, -0.25) is 0 Å². The summed E-state index contributed by atoms with van der Waals surface area (Å²) in [5.74, 6) is 1.38. The van der Waals surface area contributed by atoms with E-state index in [0.29, 0.717) is 11.6 Å². The second-order valence-corrected chi connectivity index (χ2v) is 11.9. The van der Waals surface area contributed by atoms with Crippen molar-refractivity contribution >= 4 is 32.4 Å². The molecule has 0 saturated heterocycles. The van der Waals surface area contributed by atoms with Crippen LogP contribution in [-0.4, -0.2) is 19.9 Å². The average molecular weight is 613 g/mol. The van der Waals surface area contributed by atoms with Crippen molar-refractivity contribution in [3.63, 3.8) is 0 Å². The van der Waals surface area contributed by atoms with E-state index in [1.54, 1.807) is 0 Å². The number of fused-ring (bicyclic) bond motifs is 4. The molecule has 224 valence electrons. The van der Waals surface area contributed by atoms with Gasteiger partial charge in [0, 0.05) is 33.2 Å². The number of para-hydroxylation sites is 1. The van der Waals surface area contributed by atoms with E-state index in [9.17, 15) is 0 Å². The Morgan fingerprint density at radius 2 is 0.854 bits per heavy atom. The molecule has 2 heterocycles. The molecule has 0 saturated carbocycles. The minimum absolute atomic E-state index is 0.690. The van der Waals surface area contributed by atoms with E-state index in [1.165, 1.54) is 16.2 Å². The fourth-order valence-electron chi connectivity index (χ4n) is 6.53. The smallest absolute Gasteiger partial charge is 0.160 e. The molecular formula is C44H28N4. The molecule has 4 nitrogen and oxygen atoms in total. The molecule has 0 spiro atoms. The molecule has 9 rings (SSSR count). The maximum absolute atomic E-state index is 5.16. The van der Waals surface area contributed by atoms with Crippen molar-refractivity contribution in [2.45, 2.75) is 0 Å². The van der Waals surface area contributed by atoms with E-state index in [1.807, 2.05) is 54.6 Å². The van der Waals surface area contributed by atoms with E-state index in [4.69, 9.17) is 19.9 Å². The second-order valence-electron chi connectivity index (χ2n) is 11.9. The van der Waals surface area contributed by atoms with Gasteiger partial charge in [0.25, 0.3) is 0 Å². The quantitative estimate of drug-likeness (QED) is 0.181. The fourth-order valence-corrected chi connectivity index (χ4v) is 6.53. The third-order valence-corrected chi connectivity index (χ3v) is 8.89. The van der Waals surface area contributed by atoms with Crippen molar-refractivity contribution in [2.75, 3.05) is 0 Å². The Labute approximate surface area is 278 Å². The molecule has 0 amide bonds. The molecule has 9 aromatic rings. The Morgan fingerprint density at radius 1 is 0.312 bits per heavy atom. The van der Waals surface area contributed by atoms with E-state index >= 15 is 0 Å². The zero-order chi connectivity index (χ0) is 31.9. The van der Waals surface area contributed by atoms with Crippen molar-refractivity contribution in [1.82, 2.24) is 19.9 Å². The monoisotopic (exact) mass is 612 g/mol. The summed E-state index contributed by atoms with van der Waals surface area (Å²) < 4.78 is 0. The molecular weight excluding hydrogens is 585 g/mol. The molecule has 0 fully saturated rings. The predicted molar refractivity (Wildman–Crippen MR) is 197 cm³/mol. The van der Waals surface area contributed by atoms with Crippen molar-refractivity contribution in [1.29, 1.82) is 0 Å². The summed E-state index contributed by atoms with van der Waals surface area (Å²) in [6.45, 7) is 0. The highest BCUT2D eigenvalue weighted by molar-refractivity contribution is 6.13. The summed E-state index contributed by atoms with van der Waals surface area (Å²) in [6.07, 6.45) is 0. The van der Waals surface area contributed by atoms with E-state index in [2.05, 4.69) is 115 Å². The van der Waals surface area contributed by atoms with Crippen LogP contribution in [0.25, 0.3) is 89.0 Å². The third kappa shape index (κ3) is 4.97. The largest absolute Gasteiger partial charge is 0.228 e. The van der Waals surface area contributed by atoms with Crippen molar-refractivity contribution in [3.8, 4) is 56.5 Å². The normalized spacial score (nSPS) is 11.3. The summed E-state index contributed by atoms with van der Waals surface area (Å²) in [6, 6.07) is 58.5. The van der Waals surface area contributed by atoms with Crippen molar-refractivity contribution in [3.05, 3.63) is 170 Å². The van der Waals surface area contributed by atoms with Crippen LogP contribution in [0.15, 0.2) is 170 Å². The Bertz CT molecular complexity index is 2600. The van der Waals surface area contributed by atoms with Crippen LogP contribution >= 0.6 is 0 Å². The first-order valence-electron chi connectivity index (χ1n) is 16.1. The number of nitrogens with zero attached hydrogens (tertiary/aromatic N) is 4. The molecule has 0 aliphatic rings. The van der Waals surface area contributed by atoms with Crippen LogP contribution in [0.3, 0.4) is 0 Å². The molecule has 0 bridgehead atoms. The highest BCUT2D eigenvalue weighted by Gasteiger charge is 2.16. The topological polar surface area (TPSA) is 51.6 Å². The summed E-state index contributed by atoms with van der Waals surface area (Å²) in [5.41, 5.74) is 8.64. The predicted octanol–water partition coefficient (Wildman–Crippen LogP) is 11.1. The molecule has 7 aromatic carbocycles. The summed E-state index contributed by atoms with van der Waals surface area (Å²) in [7, 11) is 0. The lowest BCUT2D eigenvalue weighted by Gasteiger charge is -2.13. The number of aromatic nitrogens is 4. The SMILES string of the molecule is c1ccc(-c2nc(-c3ccc(-c4nc(-c5ccccc5)c5ccccc5n4)cc3)cc(-c3cc4ccccc4c4ccccc34)n2)cc1. The van der Waals surface area contributed by atoms with E-state index < -0.39 is 0 Å². The summed E-state index contributed by atoms with van der Waals surface area (Å²) in [5, 5.41) is 5.82. The number of rotatable bonds is 5. The zero-order valence-corrected chi connectivity index (χ0v) is 26.0. The fraction of sp³-hybridized carbons (Fsp3) is 0.